The molecule has 3 nitrogen and oxygen atoms in total. The lowest BCUT2D eigenvalue weighted by atomic mass is 9.73. The Morgan fingerprint density at radius 2 is 2.26 bits per heavy atom. The van der Waals surface area contributed by atoms with Crippen LogP contribution in [0.2, 0.25) is 0 Å². The van der Waals surface area contributed by atoms with Crippen LogP contribution < -0.4 is 11.3 Å². The molecule has 0 spiro atoms. The topological polar surface area (TPSA) is 50.9 Å². The van der Waals surface area contributed by atoms with E-state index in [0.717, 1.165) is 6.42 Å². The first-order chi connectivity index (χ1) is 9.13. The molecule has 3 N–H and O–H groups in total. The summed E-state index contributed by atoms with van der Waals surface area (Å²) in [6, 6.07) is 4.63. The summed E-state index contributed by atoms with van der Waals surface area (Å²) in [4.78, 5) is 4.63. The second-order valence-electron chi connectivity index (χ2n) is 6.87. The summed E-state index contributed by atoms with van der Waals surface area (Å²) in [6.07, 6.45) is 8.20. The van der Waals surface area contributed by atoms with Crippen molar-refractivity contribution in [2.24, 2.45) is 17.2 Å². The molecule has 3 rings (SSSR count). The van der Waals surface area contributed by atoms with Gasteiger partial charge >= 0.3 is 0 Å². The van der Waals surface area contributed by atoms with Gasteiger partial charge in [-0.25, -0.2) is 0 Å². The van der Waals surface area contributed by atoms with E-state index in [1.54, 1.807) is 0 Å². The van der Waals surface area contributed by atoms with Gasteiger partial charge in [0.2, 0.25) is 0 Å². The van der Waals surface area contributed by atoms with Crippen molar-refractivity contribution in [2.45, 2.75) is 57.9 Å². The lowest BCUT2D eigenvalue weighted by Crippen LogP contribution is -2.47. The highest BCUT2D eigenvalue weighted by Gasteiger charge is 2.44. The minimum atomic E-state index is 0.369. The van der Waals surface area contributed by atoms with Gasteiger partial charge in [0, 0.05) is 23.9 Å². The number of nitrogens with two attached hydrogens (primary N) is 1. The van der Waals surface area contributed by atoms with Crippen molar-refractivity contribution in [3.8, 4) is 0 Å². The van der Waals surface area contributed by atoms with Gasteiger partial charge in [-0.2, -0.15) is 0 Å². The summed E-state index contributed by atoms with van der Waals surface area (Å²) < 4.78 is 0. The minimum absolute atomic E-state index is 0.369. The molecule has 0 amide bonds. The van der Waals surface area contributed by atoms with Gasteiger partial charge in [-0.15, -0.1) is 0 Å². The molecule has 3 unspecified atom stereocenters. The molecule has 1 saturated carbocycles. The molecule has 1 fully saturated rings. The molecule has 2 aliphatic rings. The largest absolute Gasteiger partial charge is 0.271 e. The molecule has 0 saturated heterocycles. The number of aromatic nitrogens is 1. The van der Waals surface area contributed by atoms with E-state index in [-0.39, 0.29) is 0 Å². The number of hydrazine groups is 1. The van der Waals surface area contributed by atoms with Crippen LogP contribution in [-0.2, 0) is 6.42 Å². The van der Waals surface area contributed by atoms with E-state index in [1.807, 2.05) is 12.3 Å². The number of hydrogen-bond acceptors (Lipinski definition) is 3. The maximum atomic E-state index is 5.93. The first-order valence-corrected chi connectivity index (χ1v) is 7.53. The molecular formula is C16H25N3. The molecular weight excluding hydrogens is 234 g/mol. The zero-order valence-corrected chi connectivity index (χ0v) is 12.0. The predicted octanol–water partition coefficient (Wildman–Crippen LogP) is 2.77. The molecule has 1 aromatic rings. The Morgan fingerprint density at radius 3 is 2.95 bits per heavy atom. The average molecular weight is 259 g/mol. The fourth-order valence-electron chi connectivity index (χ4n) is 4.33. The minimum Gasteiger partial charge on any atom is -0.271 e. The highest BCUT2D eigenvalue weighted by molar-refractivity contribution is 5.30. The number of fused-ring (bicyclic) bond motifs is 1. The van der Waals surface area contributed by atoms with Crippen molar-refractivity contribution in [3.63, 3.8) is 0 Å². The quantitative estimate of drug-likeness (QED) is 0.648. The fraction of sp³-hybridized carbons (Fsp3) is 0.688. The maximum Gasteiger partial charge on any atom is 0.0482 e. The van der Waals surface area contributed by atoms with Gasteiger partial charge < -0.3 is 0 Å². The molecule has 0 aliphatic heterocycles. The van der Waals surface area contributed by atoms with Crippen molar-refractivity contribution >= 4 is 0 Å². The van der Waals surface area contributed by atoms with E-state index in [0.29, 0.717) is 23.3 Å². The van der Waals surface area contributed by atoms with Gasteiger partial charge in [-0.1, -0.05) is 26.3 Å². The molecule has 0 aromatic carbocycles. The molecule has 104 valence electrons. The van der Waals surface area contributed by atoms with Gasteiger partial charge in [0.25, 0.3) is 0 Å². The summed E-state index contributed by atoms with van der Waals surface area (Å²) in [5.74, 6) is 7.08. The van der Waals surface area contributed by atoms with Gasteiger partial charge in [-0.05, 0) is 48.6 Å². The Kier molecular flexibility index (Phi) is 3.35. The van der Waals surface area contributed by atoms with Crippen LogP contribution in [-0.4, -0.2) is 11.0 Å². The Bertz CT molecular complexity index is 455. The van der Waals surface area contributed by atoms with Crippen LogP contribution in [0.15, 0.2) is 18.3 Å². The Labute approximate surface area is 116 Å². The SMILES string of the molecule is CC1(C)CCCC1C(NN)C1CCc2cccnc21. The number of rotatable bonds is 3. The third kappa shape index (κ3) is 2.19. The highest BCUT2D eigenvalue weighted by Crippen LogP contribution is 2.48. The van der Waals surface area contributed by atoms with Crippen LogP contribution in [0.25, 0.3) is 0 Å². The number of pyridine rings is 1. The summed E-state index contributed by atoms with van der Waals surface area (Å²) in [6.45, 7) is 4.78. The van der Waals surface area contributed by atoms with Crippen LogP contribution >= 0.6 is 0 Å². The van der Waals surface area contributed by atoms with E-state index in [4.69, 9.17) is 5.84 Å². The van der Waals surface area contributed by atoms with E-state index in [2.05, 4.69) is 30.3 Å². The fourth-order valence-corrected chi connectivity index (χ4v) is 4.33. The van der Waals surface area contributed by atoms with Gasteiger partial charge in [0.1, 0.15) is 0 Å². The van der Waals surface area contributed by atoms with Crippen LogP contribution in [0.3, 0.4) is 0 Å². The van der Waals surface area contributed by atoms with Gasteiger partial charge in [0.05, 0.1) is 0 Å². The molecule has 19 heavy (non-hydrogen) atoms. The van der Waals surface area contributed by atoms with Gasteiger partial charge in [0.15, 0.2) is 0 Å². The second kappa shape index (κ2) is 4.88. The number of nitrogens with one attached hydrogen (secondary N) is 1. The van der Waals surface area contributed by atoms with Crippen LogP contribution in [0, 0.1) is 11.3 Å². The lowest BCUT2D eigenvalue weighted by Gasteiger charge is -2.37. The molecule has 2 aliphatic carbocycles. The third-order valence-corrected chi connectivity index (χ3v) is 5.40. The monoisotopic (exact) mass is 259 g/mol. The Balaban J connectivity index is 1.88. The molecule has 3 atom stereocenters. The zero-order valence-electron chi connectivity index (χ0n) is 12.0. The van der Waals surface area contributed by atoms with E-state index in [1.165, 1.54) is 36.9 Å². The zero-order chi connectivity index (χ0) is 13.5. The van der Waals surface area contributed by atoms with Crippen molar-refractivity contribution in [3.05, 3.63) is 29.6 Å². The first kappa shape index (κ1) is 13.1. The normalized spacial score (nSPS) is 30.3. The standard InChI is InChI=1S/C16H25N3/c1-16(2)9-3-6-13(16)15(19-17)12-8-7-11-5-4-10-18-14(11)12/h4-5,10,12-13,15,19H,3,6-9,17H2,1-2H3. The van der Waals surface area contributed by atoms with E-state index in [9.17, 15) is 0 Å². The van der Waals surface area contributed by atoms with Gasteiger partial charge in [-0.3, -0.25) is 16.3 Å². The summed E-state index contributed by atoms with van der Waals surface area (Å²) in [5.41, 5.74) is 6.25. The van der Waals surface area contributed by atoms with Crippen LogP contribution in [0.4, 0.5) is 0 Å². The van der Waals surface area contributed by atoms with Crippen LogP contribution in [0.1, 0.15) is 56.7 Å². The molecule has 3 heteroatoms. The summed E-state index contributed by atoms with van der Waals surface area (Å²) >= 11 is 0. The molecule has 1 aromatic heterocycles. The van der Waals surface area contributed by atoms with Crippen molar-refractivity contribution in [2.75, 3.05) is 0 Å². The third-order valence-electron chi connectivity index (χ3n) is 5.40. The van der Waals surface area contributed by atoms with E-state index >= 15 is 0 Å². The van der Waals surface area contributed by atoms with E-state index < -0.39 is 0 Å². The summed E-state index contributed by atoms with van der Waals surface area (Å²) in [5, 5.41) is 0. The van der Waals surface area contributed by atoms with Crippen molar-refractivity contribution in [1.29, 1.82) is 0 Å². The number of aryl methyl sites for hydroxylation is 1. The van der Waals surface area contributed by atoms with Crippen molar-refractivity contribution < 1.29 is 0 Å². The molecule has 0 radical (unpaired) electrons. The molecule has 1 heterocycles. The lowest BCUT2D eigenvalue weighted by molar-refractivity contribution is 0.175. The number of nitrogens with zero attached hydrogens (tertiary/aromatic N) is 1. The smallest absolute Gasteiger partial charge is 0.0482 e. The Hall–Kier alpha value is -0.930. The second-order valence-corrected chi connectivity index (χ2v) is 6.87. The maximum absolute atomic E-state index is 5.93. The Morgan fingerprint density at radius 1 is 1.42 bits per heavy atom. The highest BCUT2D eigenvalue weighted by atomic mass is 15.2. The predicted molar refractivity (Wildman–Crippen MR) is 77.5 cm³/mol. The first-order valence-electron chi connectivity index (χ1n) is 7.53. The molecule has 0 bridgehead atoms. The van der Waals surface area contributed by atoms with Crippen molar-refractivity contribution in [1.82, 2.24) is 10.4 Å². The van der Waals surface area contributed by atoms with Crippen LogP contribution in [0.5, 0.6) is 0 Å². The summed E-state index contributed by atoms with van der Waals surface area (Å²) in [7, 11) is 0. The average Bonchev–Trinajstić information content (AvgIpc) is 2.96. The number of hydrogen-bond donors (Lipinski definition) is 2.